The Morgan fingerprint density at radius 2 is 1.86 bits per heavy atom. The quantitative estimate of drug-likeness (QED) is 0.564. The molecule has 28 heavy (non-hydrogen) atoms. The standard InChI is InChI=1S/C21H21Cl2N3O2/c1-2-24-21(27)18-14-28-19(25-18)13-26(11-15-7-4-3-5-8-15)12-16-9-6-10-17(22)20(16)23/h3-10,14H,2,11-13H2,1H3,(H,24,27). The molecule has 0 atom stereocenters. The molecule has 1 heterocycles. The number of nitrogens with one attached hydrogen (secondary N) is 1. The summed E-state index contributed by atoms with van der Waals surface area (Å²) < 4.78 is 5.52. The zero-order chi connectivity index (χ0) is 19.9. The van der Waals surface area contributed by atoms with E-state index in [1.54, 1.807) is 6.07 Å². The minimum Gasteiger partial charge on any atom is -0.447 e. The van der Waals surface area contributed by atoms with Crippen molar-refractivity contribution in [2.24, 2.45) is 0 Å². The van der Waals surface area contributed by atoms with E-state index in [1.165, 1.54) is 6.26 Å². The minimum absolute atomic E-state index is 0.245. The smallest absolute Gasteiger partial charge is 0.273 e. The van der Waals surface area contributed by atoms with E-state index < -0.39 is 0 Å². The van der Waals surface area contributed by atoms with Crippen molar-refractivity contribution in [2.45, 2.75) is 26.6 Å². The van der Waals surface area contributed by atoms with Crippen LogP contribution in [0.4, 0.5) is 0 Å². The van der Waals surface area contributed by atoms with Gasteiger partial charge < -0.3 is 9.73 Å². The van der Waals surface area contributed by atoms with Gasteiger partial charge in [0.1, 0.15) is 6.26 Å². The van der Waals surface area contributed by atoms with Crippen LogP contribution in [-0.2, 0) is 19.6 Å². The third-order valence-corrected chi connectivity index (χ3v) is 5.01. The molecule has 2 aromatic carbocycles. The van der Waals surface area contributed by atoms with Crippen molar-refractivity contribution in [3.05, 3.63) is 87.6 Å². The molecule has 1 amide bonds. The highest BCUT2D eigenvalue weighted by Gasteiger charge is 2.16. The lowest BCUT2D eigenvalue weighted by molar-refractivity contribution is 0.0950. The average molecular weight is 418 g/mol. The summed E-state index contributed by atoms with van der Waals surface area (Å²) in [6.45, 7) is 4.05. The molecule has 0 bridgehead atoms. The van der Waals surface area contributed by atoms with Crippen LogP contribution in [0.1, 0.15) is 34.4 Å². The first-order valence-electron chi connectivity index (χ1n) is 8.98. The first-order valence-corrected chi connectivity index (χ1v) is 9.74. The van der Waals surface area contributed by atoms with Gasteiger partial charge in [0.15, 0.2) is 5.69 Å². The van der Waals surface area contributed by atoms with E-state index in [9.17, 15) is 4.79 Å². The lowest BCUT2D eigenvalue weighted by Crippen LogP contribution is -2.24. The molecule has 0 aliphatic carbocycles. The number of amides is 1. The molecule has 146 valence electrons. The van der Waals surface area contributed by atoms with Gasteiger partial charge in [0.05, 0.1) is 16.6 Å². The van der Waals surface area contributed by atoms with Crippen LogP contribution < -0.4 is 5.32 Å². The summed E-state index contributed by atoms with van der Waals surface area (Å²) >= 11 is 12.5. The Balaban J connectivity index is 1.80. The topological polar surface area (TPSA) is 58.4 Å². The van der Waals surface area contributed by atoms with Crippen LogP contribution in [0.15, 0.2) is 59.2 Å². The summed E-state index contributed by atoms with van der Waals surface area (Å²) in [7, 11) is 0. The predicted molar refractivity (Wildman–Crippen MR) is 110 cm³/mol. The summed E-state index contributed by atoms with van der Waals surface area (Å²) in [5, 5.41) is 3.78. The van der Waals surface area contributed by atoms with Crippen LogP contribution in [0.25, 0.3) is 0 Å². The zero-order valence-corrected chi connectivity index (χ0v) is 17.0. The van der Waals surface area contributed by atoms with Gasteiger partial charge in [0, 0.05) is 19.6 Å². The number of carbonyl (C=O) groups excluding carboxylic acids is 1. The van der Waals surface area contributed by atoms with Crippen molar-refractivity contribution in [2.75, 3.05) is 6.54 Å². The SMILES string of the molecule is CCNC(=O)c1coc(CN(Cc2ccccc2)Cc2cccc(Cl)c2Cl)n1. The van der Waals surface area contributed by atoms with Crippen LogP contribution in [0.5, 0.6) is 0 Å². The molecule has 0 fully saturated rings. The molecule has 3 aromatic rings. The highest BCUT2D eigenvalue weighted by molar-refractivity contribution is 6.42. The van der Waals surface area contributed by atoms with E-state index in [2.05, 4.69) is 27.3 Å². The highest BCUT2D eigenvalue weighted by atomic mass is 35.5. The number of rotatable bonds is 8. The second-order valence-electron chi connectivity index (χ2n) is 6.33. The van der Waals surface area contributed by atoms with Crippen LogP contribution in [0, 0.1) is 0 Å². The maximum atomic E-state index is 11.9. The molecule has 0 saturated carbocycles. The Morgan fingerprint density at radius 1 is 1.07 bits per heavy atom. The lowest BCUT2D eigenvalue weighted by atomic mass is 10.1. The molecular weight excluding hydrogens is 397 g/mol. The molecule has 7 heteroatoms. The van der Waals surface area contributed by atoms with Crippen molar-refractivity contribution in [3.8, 4) is 0 Å². The summed E-state index contributed by atoms with van der Waals surface area (Å²) in [6, 6.07) is 15.7. The summed E-state index contributed by atoms with van der Waals surface area (Å²) in [4.78, 5) is 18.4. The molecule has 0 spiro atoms. The van der Waals surface area contributed by atoms with Gasteiger partial charge in [0.2, 0.25) is 5.89 Å². The minimum atomic E-state index is -0.245. The van der Waals surface area contributed by atoms with Gasteiger partial charge in [-0.05, 0) is 24.1 Å². The summed E-state index contributed by atoms with van der Waals surface area (Å²) in [6.07, 6.45) is 1.38. The number of oxazole rings is 1. The number of halogens is 2. The lowest BCUT2D eigenvalue weighted by Gasteiger charge is -2.22. The Hall–Kier alpha value is -2.34. The van der Waals surface area contributed by atoms with Crippen molar-refractivity contribution in [1.82, 2.24) is 15.2 Å². The third-order valence-electron chi connectivity index (χ3n) is 4.16. The number of carbonyl (C=O) groups is 1. The van der Waals surface area contributed by atoms with Gasteiger partial charge >= 0.3 is 0 Å². The van der Waals surface area contributed by atoms with Gasteiger partial charge in [-0.15, -0.1) is 0 Å². The second-order valence-corrected chi connectivity index (χ2v) is 7.11. The van der Waals surface area contributed by atoms with E-state index in [0.717, 1.165) is 11.1 Å². The fourth-order valence-corrected chi connectivity index (χ4v) is 3.23. The van der Waals surface area contributed by atoms with Gasteiger partial charge in [-0.2, -0.15) is 0 Å². The van der Waals surface area contributed by atoms with E-state index in [-0.39, 0.29) is 11.6 Å². The van der Waals surface area contributed by atoms with E-state index in [4.69, 9.17) is 27.6 Å². The molecule has 1 N–H and O–H groups in total. The number of benzene rings is 2. The summed E-state index contributed by atoms with van der Waals surface area (Å²) in [5.41, 5.74) is 2.34. The van der Waals surface area contributed by atoms with E-state index in [0.29, 0.717) is 42.1 Å². The van der Waals surface area contributed by atoms with Crippen molar-refractivity contribution >= 4 is 29.1 Å². The molecule has 0 unspecified atom stereocenters. The molecule has 5 nitrogen and oxygen atoms in total. The fraction of sp³-hybridized carbons (Fsp3) is 0.238. The average Bonchev–Trinajstić information content (AvgIpc) is 3.15. The van der Waals surface area contributed by atoms with Gasteiger partial charge in [-0.3, -0.25) is 9.69 Å². The fourth-order valence-electron chi connectivity index (χ4n) is 2.85. The zero-order valence-electron chi connectivity index (χ0n) is 15.5. The molecule has 0 aliphatic rings. The monoisotopic (exact) mass is 417 g/mol. The van der Waals surface area contributed by atoms with Crippen molar-refractivity contribution < 1.29 is 9.21 Å². The third kappa shape index (κ3) is 5.35. The van der Waals surface area contributed by atoms with Crippen LogP contribution in [0.3, 0.4) is 0 Å². The maximum absolute atomic E-state index is 11.9. The largest absolute Gasteiger partial charge is 0.447 e. The highest BCUT2D eigenvalue weighted by Crippen LogP contribution is 2.27. The van der Waals surface area contributed by atoms with Crippen LogP contribution in [-0.4, -0.2) is 22.3 Å². The first kappa shape index (κ1) is 20.4. The Bertz CT molecular complexity index is 928. The Morgan fingerprint density at radius 3 is 2.61 bits per heavy atom. The van der Waals surface area contributed by atoms with Crippen molar-refractivity contribution in [3.63, 3.8) is 0 Å². The molecule has 3 rings (SSSR count). The molecule has 0 saturated heterocycles. The van der Waals surface area contributed by atoms with Gasteiger partial charge in [-0.25, -0.2) is 4.98 Å². The van der Waals surface area contributed by atoms with Crippen molar-refractivity contribution in [1.29, 1.82) is 0 Å². The normalized spacial score (nSPS) is 11.0. The maximum Gasteiger partial charge on any atom is 0.273 e. The van der Waals surface area contributed by atoms with Crippen LogP contribution in [0.2, 0.25) is 10.0 Å². The summed E-state index contributed by atoms with van der Waals surface area (Å²) in [5.74, 6) is 0.223. The molecule has 0 radical (unpaired) electrons. The number of hydrogen-bond donors (Lipinski definition) is 1. The van der Waals surface area contributed by atoms with Gasteiger partial charge in [-0.1, -0.05) is 65.7 Å². The molecule has 0 aliphatic heterocycles. The predicted octanol–water partition coefficient (Wildman–Crippen LogP) is 4.93. The van der Waals surface area contributed by atoms with Crippen LogP contribution >= 0.6 is 23.2 Å². The number of aromatic nitrogens is 1. The molecular formula is C21H21Cl2N3O2. The Labute approximate surface area is 174 Å². The number of nitrogens with zero attached hydrogens (tertiary/aromatic N) is 2. The first-order chi connectivity index (χ1) is 13.6. The van der Waals surface area contributed by atoms with Gasteiger partial charge in [0.25, 0.3) is 5.91 Å². The van der Waals surface area contributed by atoms with E-state index >= 15 is 0 Å². The Kier molecular flexibility index (Phi) is 7.09. The molecule has 1 aromatic heterocycles. The van der Waals surface area contributed by atoms with E-state index in [1.807, 2.05) is 37.3 Å². The number of hydrogen-bond acceptors (Lipinski definition) is 4. The second kappa shape index (κ2) is 9.73.